The summed E-state index contributed by atoms with van der Waals surface area (Å²) in [5, 5.41) is 0. The van der Waals surface area contributed by atoms with Crippen LogP contribution in [0.4, 0.5) is 0 Å². The lowest BCUT2D eigenvalue weighted by molar-refractivity contribution is 0.477. The second-order valence-electron chi connectivity index (χ2n) is 3.16. The molecule has 0 radical (unpaired) electrons. The summed E-state index contributed by atoms with van der Waals surface area (Å²) in [6.07, 6.45) is 0. The highest BCUT2D eigenvalue weighted by Crippen LogP contribution is 2.32. The Bertz CT molecular complexity index is 781. The van der Waals surface area contributed by atoms with Crippen LogP contribution in [0.5, 0.6) is 0 Å². The lowest BCUT2D eigenvalue weighted by atomic mass is 10.4. The van der Waals surface area contributed by atoms with E-state index in [1.807, 2.05) is 0 Å². The zero-order valence-corrected chi connectivity index (χ0v) is 12.6. The fraction of sp³-hybridized carbons (Fsp3) is 0. The zero-order chi connectivity index (χ0) is 15.2. The van der Waals surface area contributed by atoms with Gasteiger partial charge in [0, 0.05) is 0 Å². The Morgan fingerprint density at radius 1 is 0.737 bits per heavy atom. The summed E-state index contributed by atoms with van der Waals surface area (Å²) in [5.74, 6) is 0. The molecule has 0 amide bonds. The first-order chi connectivity index (χ1) is 8.24. The van der Waals surface area contributed by atoms with Crippen molar-refractivity contribution in [1.29, 1.82) is 0 Å². The summed E-state index contributed by atoms with van der Waals surface area (Å²) >= 11 is 2.50. The molecule has 0 saturated carbocycles. The molecule has 1 rings (SSSR count). The molecule has 1 aromatic rings. The fourth-order valence-corrected chi connectivity index (χ4v) is 4.50. The van der Waals surface area contributed by atoms with Crippen LogP contribution in [0.1, 0.15) is 0 Å². The van der Waals surface area contributed by atoms with Gasteiger partial charge in [-0.25, -0.2) is 0 Å². The number of halogens is 1. The topological polar surface area (TPSA) is 163 Å². The Hall–Kier alpha value is -0.570. The normalized spacial score (nSPS) is 13.5. The van der Waals surface area contributed by atoms with Crippen molar-refractivity contribution in [2.45, 2.75) is 14.7 Å². The minimum Gasteiger partial charge on any atom is -0.282 e. The Balaban J connectivity index is 4.00. The molecule has 13 heteroatoms. The maximum absolute atomic E-state index is 11.0. The largest absolute Gasteiger partial charge is 0.295 e. The Morgan fingerprint density at radius 2 is 1.05 bits per heavy atom. The van der Waals surface area contributed by atoms with E-state index in [9.17, 15) is 25.3 Å². The number of benzene rings is 1. The van der Waals surface area contributed by atoms with E-state index < -0.39 is 49.5 Å². The van der Waals surface area contributed by atoms with Crippen LogP contribution in [0, 0.1) is 0 Å². The molecule has 9 nitrogen and oxygen atoms in total. The second kappa shape index (κ2) is 4.76. The summed E-state index contributed by atoms with van der Waals surface area (Å²) in [4.78, 5) is -3.42. The highest BCUT2D eigenvalue weighted by Gasteiger charge is 2.27. The van der Waals surface area contributed by atoms with Gasteiger partial charge in [0.25, 0.3) is 30.4 Å². The molecule has 0 aliphatic carbocycles. The Morgan fingerprint density at radius 3 is 1.26 bits per heavy atom. The Labute approximate surface area is 116 Å². The van der Waals surface area contributed by atoms with E-state index in [0.29, 0.717) is 12.1 Å². The summed E-state index contributed by atoms with van der Waals surface area (Å²) in [5.41, 5.74) is 0. The Kier molecular flexibility index (Phi) is 4.13. The third-order valence-corrected chi connectivity index (χ3v) is 5.80. The first kappa shape index (κ1) is 16.5. The molecule has 0 fully saturated rings. The minimum absolute atomic E-state index is 0.323. The average Bonchev–Trinajstić information content (AvgIpc) is 2.11. The first-order valence-corrected chi connectivity index (χ1v) is 9.12. The molecule has 0 heterocycles. The van der Waals surface area contributed by atoms with Crippen molar-refractivity contribution in [3.8, 4) is 0 Å². The summed E-state index contributed by atoms with van der Waals surface area (Å²) in [7, 11) is -15.0. The monoisotopic (exact) mass is 396 g/mol. The smallest absolute Gasteiger partial charge is 0.282 e. The van der Waals surface area contributed by atoms with E-state index in [2.05, 4.69) is 15.9 Å². The number of hydrogen-bond donors (Lipinski definition) is 3. The summed E-state index contributed by atoms with van der Waals surface area (Å²) < 4.78 is 91.4. The van der Waals surface area contributed by atoms with Crippen LogP contribution < -0.4 is 0 Å². The van der Waals surface area contributed by atoms with Crippen molar-refractivity contribution in [3.63, 3.8) is 0 Å². The molecule has 0 atom stereocenters. The molecule has 1 aromatic carbocycles. The molecule has 0 spiro atoms. The molecule has 0 saturated heterocycles. The van der Waals surface area contributed by atoms with Gasteiger partial charge in [0.15, 0.2) is 0 Å². The highest BCUT2D eigenvalue weighted by molar-refractivity contribution is 9.10. The van der Waals surface area contributed by atoms with E-state index in [0.717, 1.165) is 0 Å². The molecule has 3 N–H and O–H groups in total. The van der Waals surface area contributed by atoms with Gasteiger partial charge in [0.1, 0.15) is 9.79 Å². The van der Waals surface area contributed by atoms with Gasteiger partial charge in [-0.15, -0.1) is 0 Å². The lowest BCUT2D eigenvalue weighted by Crippen LogP contribution is -2.09. The van der Waals surface area contributed by atoms with E-state index in [4.69, 9.17) is 13.7 Å². The van der Waals surface area contributed by atoms with E-state index in [1.54, 1.807) is 0 Å². The molecule has 0 aliphatic rings. The van der Waals surface area contributed by atoms with Gasteiger partial charge in [-0.1, -0.05) is 0 Å². The van der Waals surface area contributed by atoms with Crippen LogP contribution in [-0.4, -0.2) is 38.9 Å². The van der Waals surface area contributed by atoms with Crippen molar-refractivity contribution in [1.82, 2.24) is 0 Å². The standard InChI is InChI=1S/C6H5BrO9S3/c7-6-4(18(11,12)13)1-3(17(8,9)10)2-5(6)19(14,15)16/h1-2H,(H,8,9,10)(H,11,12,13)(H,14,15,16). The molecular weight excluding hydrogens is 392 g/mol. The first-order valence-electron chi connectivity index (χ1n) is 4.00. The molecule has 0 aliphatic heterocycles. The highest BCUT2D eigenvalue weighted by atomic mass is 79.9. The zero-order valence-electron chi connectivity index (χ0n) is 8.55. The maximum Gasteiger partial charge on any atom is 0.295 e. The minimum atomic E-state index is -5.00. The SMILES string of the molecule is O=S(=O)(O)c1cc(S(=O)(=O)O)c(Br)c(S(=O)(=O)O)c1. The van der Waals surface area contributed by atoms with Gasteiger partial charge in [-0.3, -0.25) is 13.7 Å². The molecule has 0 aromatic heterocycles. The van der Waals surface area contributed by atoms with Crippen molar-refractivity contribution < 1.29 is 38.9 Å². The molecule has 0 bridgehead atoms. The van der Waals surface area contributed by atoms with Crippen LogP contribution in [-0.2, 0) is 30.4 Å². The predicted molar refractivity (Wildman–Crippen MR) is 63.6 cm³/mol. The van der Waals surface area contributed by atoms with E-state index >= 15 is 0 Å². The van der Waals surface area contributed by atoms with Gasteiger partial charge in [-0.05, 0) is 28.1 Å². The van der Waals surface area contributed by atoms with Gasteiger partial charge in [-0.2, -0.15) is 25.3 Å². The third-order valence-electron chi connectivity index (χ3n) is 1.83. The molecule has 108 valence electrons. The van der Waals surface area contributed by atoms with Crippen LogP contribution in [0.2, 0.25) is 0 Å². The predicted octanol–water partition coefficient (Wildman–Crippen LogP) is 0.189. The third kappa shape index (κ3) is 3.71. The summed E-state index contributed by atoms with van der Waals surface area (Å²) in [6, 6.07) is 0.646. The van der Waals surface area contributed by atoms with Crippen molar-refractivity contribution in [2.24, 2.45) is 0 Å². The van der Waals surface area contributed by atoms with Crippen LogP contribution in [0.15, 0.2) is 31.3 Å². The molecular formula is C6H5BrO9S3. The average molecular weight is 397 g/mol. The number of rotatable bonds is 3. The van der Waals surface area contributed by atoms with Crippen molar-refractivity contribution in [2.75, 3.05) is 0 Å². The van der Waals surface area contributed by atoms with Crippen molar-refractivity contribution in [3.05, 3.63) is 16.6 Å². The van der Waals surface area contributed by atoms with Crippen LogP contribution >= 0.6 is 15.9 Å². The van der Waals surface area contributed by atoms with Gasteiger partial charge >= 0.3 is 0 Å². The second-order valence-corrected chi connectivity index (χ2v) is 8.15. The fourth-order valence-electron chi connectivity index (χ4n) is 1.07. The summed E-state index contributed by atoms with van der Waals surface area (Å²) in [6.45, 7) is 0. The molecule has 0 unspecified atom stereocenters. The lowest BCUT2D eigenvalue weighted by Gasteiger charge is -2.08. The quantitative estimate of drug-likeness (QED) is 0.604. The van der Waals surface area contributed by atoms with Crippen molar-refractivity contribution >= 4 is 46.3 Å². The van der Waals surface area contributed by atoms with Crippen LogP contribution in [0.25, 0.3) is 0 Å². The van der Waals surface area contributed by atoms with Gasteiger partial charge < -0.3 is 0 Å². The maximum atomic E-state index is 11.0. The van der Waals surface area contributed by atoms with E-state index in [1.165, 1.54) is 0 Å². The van der Waals surface area contributed by atoms with Crippen LogP contribution in [0.3, 0.4) is 0 Å². The molecule has 19 heavy (non-hydrogen) atoms. The van der Waals surface area contributed by atoms with E-state index in [-0.39, 0.29) is 0 Å². The number of hydrogen-bond acceptors (Lipinski definition) is 6. The van der Waals surface area contributed by atoms with Gasteiger partial charge in [0.2, 0.25) is 0 Å². The van der Waals surface area contributed by atoms with Gasteiger partial charge in [0.05, 0.1) is 9.37 Å².